The maximum absolute atomic E-state index is 10.1. The monoisotopic (exact) mass is 808 g/mol. The third-order valence-corrected chi connectivity index (χ3v) is 8.13. The summed E-state index contributed by atoms with van der Waals surface area (Å²) in [6, 6.07) is 0. The molecule has 0 aromatic heterocycles. The van der Waals surface area contributed by atoms with Crippen molar-refractivity contribution in [1.82, 2.24) is 0 Å². The quantitative estimate of drug-likeness (QED) is 0.0274. The molecule has 0 aromatic carbocycles. The van der Waals surface area contributed by atoms with E-state index in [2.05, 4.69) is 0 Å². The molecule has 16 nitrogen and oxygen atoms in total. The predicted octanol–water partition coefficient (Wildman–Crippen LogP) is 9.11. The van der Waals surface area contributed by atoms with E-state index in [0.717, 1.165) is 154 Å². The fourth-order valence-corrected chi connectivity index (χ4v) is 5.04. The van der Waals surface area contributed by atoms with Crippen LogP contribution >= 0.6 is 0 Å². The van der Waals surface area contributed by atoms with Crippen LogP contribution < -0.4 is 0 Å². The lowest BCUT2D eigenvalue weighted by Gasteiger charge is -1.98. The van der Waals surface area contributed by atoms with E-state index in [1.54, 1.807) is 0 Å². The minimum atomic E-state index is -0.740. The van der Waals surface area contributed by atoms with Crippen molar-refractivity contribution in [2.24, 2.45) is 0 Å². The topological polar surface area (TPSA) is 298 Å². The van der Waals surface area contributed by atoms with Gasteiger partial charge in [-0.05, 0) is 51.4 Å². The van der Waals surface area contributed by atoms with E-state index in [1.807, 2.05) is 0 Å². The summed E-state index contributed by atoms with van der Waals surface area (Å²) in [4.78, 5) is 81.2. The second kappa shape index (κ2) is 46.9. The second-order valence-electron chi connectivity index (χ2n) is 13.6. The molecule has 0 saturated carbocycles. The van der Waals surface area contributed by atoms with Crippen LogP contribution in [-0.4, -0.2) is 88.6 Å². The van der Waals surface area contributed by atoms with Crippen LogP contribution in [0.5, 0.6) is 0 Å². The number of aliphatic carboxylic acids is 8. The highest BCUT2D eigenvalue weighted by atomic mass is 16.4. The van der Waals surface area contributed by atoms with Crippen molar-refractivity contribution < 1.29 is 79.2 Å². The van der Waals surface area contributed by atoms with E-state index >= 15 is 0 Å². The van der Waals surface area contributed by atoms with Gasteiger partial charge in [0.05, 0.1) is 0 Å². The van der Waals surface area contributed by atoms with Gasteiger partial charge in [-0.3, -0.25) is 38.4 Å². The molecule has 0 aliphatic rings. The SMILES string of the molecule is O=C(O)CCCCCCCCC(=O)O.O=C(O)CCCCCCCCC(=O)O.O=C(O)CCCCCCCCC(=O)O.O=C(O)CCCCCCCCC(=O)O. The molecule has 0 saturated heterocycles. The summed E-state index contributed by atoms with van der Waals surface area (Å²) in [5.74, 6) is -5.92. The van der Waals surface area contributed by atoms with Gasteiger partial charge >= 0.3 is 47.8 Å². The number of carboxylic acids is 8. The van der Waals surface area contributed by atoms with Crippen LogP contribution in [0, 0.1) is 0 Å². The van der Waals surface area contributed by atoms with E-state index in [0.29, 0.717) is 0 Å². The number of rotatable bonds is 36. The molecule has 0 spiro atoms. The van der Waals surface area contributed by atoms with Crippen LogP contribution in [0.25, 0.3) is 0 Å². The van der Waals surface area contributed by atoms with Gasteiger partial charge in [0.25, 0.3) is 0 Å². The molecule has 0 bridgehead atoms. The van der Waals surface area contributed by atoms with Crippen molar-refractivity contribution in [2.45, 2.75) is 205 Å². The highest BCUT2D eigenvalue weighted by molar-refractivity contribution is 5.68. The van der Waals surface area contributed by atoms with Crippen molar-refractivity contribution in [1.29, 1.82) is 0 Å². The van der Waals surface area contributed by atoms with Gasteiger partial charge in [0.2, 0.25) is 0 Å². The summed E-state index contributed by atoms with van der Waals surface area (Å²) in [6.07, 6.45) is 23.3. The minimum Gasteiger partial charge on any atom is -0.481 e. The van der Waals surface area contributed by atoms with Gasteiger partial charge in [0.15, 0.2) is 0 Å². The van der Waals surface area contributed by atoms with Crippen LogP contribution in [0.15, 0.2) is 0 Å². The van der Waals surface area contributed by atoms with Crippen LogP contribution in [0.4, 0.5) is 0 Å². The fourth-order valence-electron chi connectivity index (χ4n) is 5.04. The van der Waals surface area contributed by atoms with E-state index in [-0.39, 0.29) is 51.4 Å². The molecule has 0 atom stereocenters. The summed E-state index contributed by atoms with van der Waals surface area (Å²) in [6.45, 7) is 0. The third-order valence-electron chi connectivity index (χ3n) is 8.13. The first-order chi connectivity index (χ1) is 26.5. The van der Waals surface area contributed by atoms with Gasteiger partial charge in [-0.25, -0.2) is 0 Å². The molecular weight excluding hydrogens is 736 g/mol. The summed E-state index contributed by atoms with van der Waals surface area (Å²) < 4.78 is 0. The predicted molar refractivity (Wildman–Crippen MR) is 209 cm³/mol. The molecule has 56 heavy (non-hydrogen) atoms. The number of hydrogen-bond donors (Lipinski definition) is 8. The van der Waals surface area contributed by atoms with Gasteiger partial charge in [-0.15, -0.1) is 0 Å². The maximum Gasteiger partial charge on any atom is 0.303 e. The molecule has 16 heteroatoms. The zero-order valence-corrected chi connectivity index (χ0v) is 33.5. The molecule has 0 heterocycles. The Morgan fingerprint density at radius 3 is 0.304 bits per heavy atom. The van der Waals surface area contributed by atoms with E-state index in [1.165, 1.54) is 0 Å². The van der Waals surface area contributed by atoms with Gasteiger partial charge < -0.3 is 40.9 Å². The minimum absolute atomic E-state index is 0.245. The molecule has 0 aromatic rings. The number of carboxylic acid groups (broad SMARTS) is 8. The first-order valence-corrected chi connectivity index (χ1v) is 20.3. The molecule has 0 rings (SSSR count). The van der Waals surface area contributed by atoms with Crippen LogP contribution in [0.2, 0.25) is 0 Å². The van der Waals surface area contributed by atoms with Crippen molar-refractivity contribution >= 4 is 47.8 Å². The standard InChI is InChI=1S/4C10H18O4/c4*11-9(12)7-5-3-1-2-4-6-8-10(13)14/h4*1-8H2,(H,11,12)(H,13,14). The average molecular weight is 809 g/mol. The third kappa shape index (κ3) is 74.8. The Bertz CT molecular complexity index is 788. The number of carbonyl (C=O) groups is 8. The average Bonchev–Trinajstić information content (AvgIpc) is 3.09. The summed E-state index contributed by atoms with van der Waals surface area (Å²) in [7, 11) is 0. The lowest BCUT2D eigenvalue weighted by atomic mass is 10.1. The summed E-state index contributed by atoms with van der Waals surface area (Å²) in [5.41, 5.74) is 0. The zero-order chi connectivity index (χ0) is 43.2. The van der Waals surface area contributed by atoms with Crippen molar-refractivity contribution in [3.05, 3.63) is 0 Å². The highest BCUT2D eigenvalue weighted by Gasteiger charge is 2.01. The van der Waals surface area contributed by atoms with Crippen molar-refractivity contribution in [2.75, 3.05) is 0 Å². The fraction of sp³-hybridized carbons (Fsp3) is 0.800. The number of hydrogen-bond acceptors (Lipinski definition) is 8. The first kappa shape index (κ1) is 58.5. The Balaban J connectivity index is -0.000000322. The molecular formula is C40H72O16. The highest BCUT2D eigenvalue weighted by Crippen LogP contribution is 2.11. The molecule has 0 aliphatic heterocycles. The lowest BCUT2D eigenvalue weighted by Crippen LogP contribution is -1.94. The van der Waals surface area contributed by atoms with E-state index < -0.39 is 47.8 Å². The van der Waals surface area contributed by atoms with Crippen LogP contribution in [-0.2, 0) is 38.4 Å². The first-order valence-electron chi connectivity index (χ1n) is 20.3. The summed E-state index contributed by atoms with van der Waals surface area (Å²) >= 11 is 0. The van der Waals surface area contributed by atoms with Gasteiger partial charge in [0.1, 0.15) is 0 Å². The molecule has 328 valence electrons. The molecule has 0 aliphatic carbocycles. The van der Waals surface area contributed by atoms with Gasteiger partial charge in [-0.2, -0.15) is 0 Å². The van der Waals surface area contributed by atoms with Crippen LogP contribution in [0.3, 0.4) is 0 Å². The molecule has 0 unspecified atom stereocenters. The van der Waals surface area contributed by atoms with Crippen molar-refractivity contribution in [3.8, 4) is 0 Å². The molecule has 0 fully saturated rings. The Morgan fingerprint density at radius 2 is 0.232 bits per heavy atom. The smallest absolute Gasteiger partial charge is 0.303 e. The Labute approximate surface area is 332 Å². The number of unbranched alkanes of at least 4 members (excludes halogenated alkanes) is 20. The second-order valence-corrected chi connectivity index (χ2v) is 13.6. The Kier molecular flexibility index (Phi) is 49.0. The van der Waals surface area contributed by atoms with Crippen LogP contribution in [0.1, 0.15) is 205 Å². The zero-order valence-electron chi connectivity index (χ0n) is 33.5. The Hall–Kier alpha value is -4.24. The largest absolute Gasteiger partial charge is 0.481 e. The van der Waals surface area contributed by atoms with Gasteiger partial charge in [-0.1, -0.05) is 103 Å². The van der Waals surface area contributed by atoms with Crippen molar-refractivity contribution in [3.63, 3.8) is 0 Å². The molecule has 0 radical (unpaired) electrons. The normalized spacial score (nSPS) is 10.0. The Morgan fingerprint density at radius 1 is 0.161 bits per heavy atom. The lowest BCUT2D eigenvalue weighted by molar-refractivity contribution is -0.138. The van der Waals surface area contributed by atoms with E-state index in [4.69, 9.17) is 40.9 Å². The molecule has 0 amide bonds. The van der Waals surface area contributed by atoms with E-state index in [9.17, 15) is 38.4 Å². The van der Waals surface area contributed by atoms with Gasteiger partial charge in [0, 0.05) is 51.4 Å². The summed E-state index contributed by atoms with van der Waals surface area (Å²) in [5, 5.41) is 66.8. The maximum atomic E-state index is 10.1. The molecule has 8 N–H and O–H groups in total.